The Morgan fingerprint density at radius 2 is 2.08 bits per heavy atom. The maximum Gasteiger partial charge on any atom is 0.276 e. The van der Waals surface area contributed by atoms with Gasteiger partial charge >= 0.3 is 0 Å². The Morgan fingerprint density at radius 3 is 2.92 bits per heavy atom. The number of imidazole rings is 1. The lowest BCUT2D eigenvalue weighted by molar-refractivity contribution is 0.102. The van der Waals surface area contributed by atoms with Crippen LogP contribution in [0.4, 0.5) is 5.13 Å². The number of nitrogens with zero attached hydrogens (tertiary/aromatic N) is 3. The number of rotatable bonds is 3. The van der Waals surface area contributed by atoms with Crippen molar-refractivity contribution in [2.24, 2.45) is 0 Å². The summed E-state index contributed by atoms with van der Waals surface area (Å²) in [6.07, 6.45) is 3.86. The number of fused-ring (bicyclic) bond motifs is 2. The van der Waals surface area contributed by atoms with Crippen LogP contribution in [0.1, 0.15) is 16.2 Å². The van der Waals surface area contributed by atoms with Crippen LogP contribution in [0.3, 0.4) is 0 Å². The van der Waals surface area contributed by atoms with Gasteiger partial charge in [0.15, 0.2) is 5.13 Å². The lowest BCUT2D eigenvalue weighted by Gasteiger charge is -2.02. The number of carbonyl (C=O) groups excluding carboxylic acids is 1. The van der Waals surface area contributed by atoms with Gasteiger partial charge in [0, 0.05) is 11.1 Å². The van der Waals surface area contributed by atoms with Gasteiger partial charge in [0.2, 0.25) is 0 Å². The summed E-state index contributed by atoms with van der Waals surface area (Å²) in [5.74, 6) is -0.198. The van der Waals surface area contributed by atoms with Crippen molar-refractivity contribution in [3.05, 3.63) is 54.0 Å². The molecule has 0 aliphatic heterocycles. The standard InChI is InChI=1S/C17H14N4OS2/c1-10-15(21-9-4-3-8-13(21)18-10)16(22)20-17-19-14-11(23-2)6-5-7-12(14)24-17/h3-9H,1-2H3,(H,19,20,22). The molecule has 3 aromatic heterocycles. The van der Waals surface area contributed by atoms with Crippen molar-refractivity contribution in [2.75, 3.05) is 11.6 Å². The highest BCUT2D eigenvalue weighted by Crippen LogP contribution is 2.32. The van der Waals surface area contributed by atoms with E-state index in [9.17, 15) is 4.79 Å². The molecule has 5 nitrogen and oxygen atoms in total. The second-order valence-electron chi connectivity index (χ2n) is 5.25. The molecule has 0 spiro atoms. The van der Waals surface area contributed by atoms with E-state index in [1.807, 2.05) is 55.8 Å². The van der Waals surface area contributed by atoms with Crippen LogP contribution in [0.5, 0.6) is 0 Å². The van der Waals surface area contributed by atoms with E-state index < -0.39 is 0 Å². The van der Waals surface area contributed by atoms with Gasteiger partial charge in [0.05, 0.1) is 15.9 Å². The highest BCUT2D eigenvalue weighted by atomic mass is 32.2. The van der Waals surface area contributed by atoms with E-state index >= 15 is 0 Å². The van der Waals surface area contributed by atoms with Gasteiger partial charge in [-0.15, -0.1) is 11.8 Å². The second-order valence-corrected chi connectivity index (χ2v) is 7.13. The van der Waals surface area contributed by atoms with Gasteiger partial charge in [-0.3, -0.25) is 14.5 Å². The quantitative estimate of drug-likeness (QED) is 0.560. The van der Waals surface area contributed by atoms with E-state index in [2.05, 4.69) is 15.3 Å². The summed E-state index contributed by atoms with van der Waals surface area (Å²) in [5, 5.41) is 3.52. The number of hydrogen-bond donors (Lipinski definition) is 1. The molecule has 0 atom stereocenters. The molecule has 0 unspecified atom stereocenters. The minimum absolute atomic E-state index is 0.198. The molecule has 3 heterocycles. The van der Waals surface area contributed by atoms with Crippen LogP contribution in [-0.4, -0.2) is 26.5 Å². The summed E-state index contributed by atoms with van der Waals surface area (Å²) < 4.78 is 2.86. The van der Waals surface area contributed by atoms with Gasteiger partial charge in [-0.05, 0) is 37.4 Å². The Kier molecular flexibility index (Phi) is 3.74. The first-order chi connectivity index (χ1) is 11.7. The molecular formula is C17H14N4OS2. The Labute approximate surface area is 146 Å². The third-order valence-electron chi connectivity index (χ3n) is 3.74. The zero-order chi connectivity index (χ0) is 16.7. The number of amides is 1. The number of carbonyl (C=O) groups is 1. The number of aryl methyl sites for hydroxylation is 1. The van der Waals surface area contributed by atoms with Gasteiger partial charge in [0.25, 0.3) is 5.91 Å². The van der Waals surface area contributed by atoms with Gasteiger partial charge in [-0.1, -0.05) is 23.5 Å². The summed E-state index contributed by atoms with van der Waals surface area (Å²) in [4.78, 5) is 22.8. The maximum absolute atomic E-state index is 12.7. The zero-order valence-corrected chi connectivity index (χ0v) is 14.7. The minimum atomic E-state index is -0.198. The molecular weight excluding hydrogens is 340 g/mol. The van der Waals surface area contributed by atoms with Crippen molar-refractivity contribution >= 4 is 50.0 Å². The number of para-hydroxylation sites is 1. The molecule has 24 heavy (non-hydrogen) atoms. The van der Waals surface area contributed by atoms with Crippen molar-refractivity contribution in [3.8, 4) is 0 Å². The first kappa shape index (κ1) is 15.2. The predicted octanol–water partition coefficient (Wildman–Crippen LogP) is 4.23. The molecule has 0 aliphatic rings. The predicted molar refractivity (Wildman–Crippen MR) is 99.3 cm³/mol. The number of anilines is 1. The van der Waals surface area contributed by atoms with Crippen LogP contribution in [0.2, 0.25) is 0 Å². The molecule has 4 rings (SSSR count). The number of nitrogens with one attached hydrogen (secondary N) is 1. The topological polar surface area (TPSA) is 59.3 Å². The Morgan fingerprint density at radius 1 is 1.21 bits per heavy atom. The van der Waals surface area contributed by atoms with Crippen molar-refractivity contribution in [2.45, 2.75) is 11.8 Å². The van der Waals surface area contributed by atoms with E-state index in [0.717, 1.165) is 20.8 Å². The number of thioether (sulfide) groups is 1. The summed E-state index contributed by atoms with van der Waals surface area (Å²) in [7, 11) is 0. The smallest absolute Gasteiger partial charge is 0.276 e. The fourth-order valence-corrected chi connectivity index (χ4v) is 4.20. The first-order valence-corrected chi connectivity index (χ1v) is 9.40. The fourth-order valence-electron chi connectivity index (χ4n) is 2.68. The summed E-state index contributed by atoms with van der Waals surface area (Å²) >= 11 is 3.13. The lowest BCUT2D eigenvalue weighted by Crippen LogP contribution is -2.15. The van der Waals surface area contributed by atoms with E-state index in [0.29, 0.717) is 16.5 Å². The summed E-state index contributed by atoms with van der Waals surface area (Å²) in [6, 6.07) is 11.7. The van der Waals surface area contributed by atoms with Crippen molar-refractivity contribution in [3.63, 3.8) is 0 Å². The van der Waals surface area contributed by atoms with Crippen molar-refractivity contribution < 1.29 is 4.79 Å². The zero-order valence-electron chi connectivity index (χ0n) is 13.1. The molecule has 1 amide bonds. The molecule has 4 aromatic rings. The molecule has 0 saturated carbocycles. The monoisotopic (exact) mass is 354 g/mol. The van der Waals surface area contributed by atoms with Crippen LogP contribution in [-0.2, 0) is 0 Å². The lowest BCUT2D eigenvalue weighted by atomic mass is 10.3. The van der Waals surface area contributed by atoms with E-state index in [1.54, 1.807) is 16.2 Å². The Balaban J connectivity index is 1.72. The van der Waals surface area contributed by atoms with Crippen molar-refractivity contribution in [1.82, 2.24) is 14.4 Å². The SMILES string of the molecule is CSc1cccc2sc(NC(=O)c3c(C)nc4ccccn34)nc12. The molecule has 0 bridgehead atoms. The van der Waals surface area contributed by atoms with Gasteiger partial charge in [0.1, 0.15) is 11.3 Å². The van der Waals surface area contributed by atoms with Crippen LogP contribution in [0.15, 0.2) is 47.5 Å². The molecule has 1 aromatic carbocycles. The highest BCUT2D eigenvalue weighted by Gasteiger charge is 2.18. The molecule has 120 valence electrons. The summed E-state index contributed by atoms with van der Waals surface area (Å²) in [5.41, 5.74) is 2.92. The fraction of sp³-hybridized carbons (Fsp3) is 0.118. The van der Waals surface area contributed by atoms with E-state index in [-0.39, 0.29) is 5.91 Å². The molecule has 0 radical (unpaired) electrons. The Hall–Kier alpha value is -2.38. The third-order valence-corrected chi connectivity index (χ3v) is 5.45. The number of thiazole rings is 1. The van der Waals surface area contributed by atoms with Crippen molar-refractivity contribution in [1.29, 1.82) is 0 Å². The van der Waals surface area contributed by atoms with Crippen LogP contribution in [0.25, 0.3) is 15.9 Å². The number of pyridine rings is 1. The summed E-state index contributed by atoms with van der Waals surface area (Å²) in [6.45, 7) is 1.84. The number of benzene rings is 1. The molecule has 0 fully saturated rings. The third kappa shape index (κ3) is 2.46. The van der Waals surface area contributed by atoms with Gasteiger partial charge in [-0.25, -0.2) is 9.97 Å². The molecule has 0 aliphatic carbocycles. The van der Waals surface area contributed by atoms with Gasteiger partial charge in [-0.2, -0.15) is 0 Å². The minimum Gasteiger partial charge on any atom is -0.296 e. The van der Waals surface area contributed by atoms with Crippen LogP contribution >= 0.6 is 23.1 Å². The molecule has 0 saturated heterocycles. The maximum atomic E-state index is 12.7. The normalized spacial score (nSPS) is 11.2. The van der Waals surface area contributed by atoms with Crippen LogP contribution < -0.4 is 5.32 Å². The number of hydrogen-bond acceptors (Lipinski definition) is 5. The average molecular weight is 354 g/mol. The largest absolute Gasteiger partial charge is 0.296 e. The average Bonchev–Trinajstić information content (AvgIpc) is 3.13. The van der Waals surface area contributed by atoms with E-state index in [1.165, 1.54) is 11.3 Å². The Bertz CT molecular complexity index is 1070. The second kappa shape index (κ2) is 5.92. The van der Waals surface area contributed by atoms with Crippen LogP contribution in [0, 0.1) is 6.92 Å². The number of aromatic nitrogens is 3. The van der Waals surface area contributed by atoms with E-state index in [4.69, 9.17) is 0 Å². The highest BCUT2D eigenvalue weighted by molar-refractivity contribution is 7.98. The first-order valence-electron chi connectivity index (χ1n) is 7.36. The molecule has 1 N–H and O–H groups in total. The molecule has 7 heteroatoms. The van der Waals surface area contributed by atoms with Gasteiger partial charge < -0.3 is 0 Å².